The van der Waals surface area contributed by atoms with Gasteiger partial charge in [-0.2, -0.15) is 0 Å². The minimum absolute atomic E-state index is 0.0155. The monoisotopic (exact) mass is 695 g/mol. The van der Waals surface area contributed by atoms with Crippen LogP contribution in [0.4, 0.5) is 5.82 Å². The Morgan fingerprint density at radius 3 is 2.02 bits per heavy atom. The topological polar surface area (TPSA) is 336 Å². The Morgan fingerprint density at radius 1 is 0.795 bits per heavy atom. The molecule has 9 N–H and O–H groups in total. The summed E-state index contributed by atoms with van der Waals surface area (Å²) >= 11 is 0. The molecule has 0 unspecified atom stereocenters. The summed E-state index contributed by atoms with van der Waals surface area (Å²) in [7, 11) is -16.1. The number of imidazole rings is 1. The minimum atomic E-state index is -5.46. The second-order valence-electron chi connectivity index (χ2n) is 9.61. The molecule has 5 rings (SSSR count). The SMILES string of the molecule is Nc1ncnc2c1ncn2[C@@H]1O[C@@H]2COCCOC[C@H]3O[C@H](O[C@H]2[C@H]1OP(=O)(O)O)[C@H](O)[C@@H](OP(=O)(O)O)[C@@H]3OP(=O)(O)O. The van der Waals surface area contributed by atoms with Gasteiger partial charge in [0.05, 0.1) is 32.8 Å². The Bertz CT molecular complexity index is 1460. The number of rotatable bonds is 7. The highest BCUT2D eigenvalue weighted by molar-refractivity contribution is 7.46. The molecule has 3 saturated heterocycles. The zero-order valence-corrected chi connectivity index (χ0v) is 24.7. The Morgan fingerprint density at radius 2 is 1.39 bits per heavy atom. The van der Waals surface area contributed by atoms with Gasteiger partial charge < -0.3 is 63.9 Å². The van der Waals surface area contributed by atoms with Gasteiger partial charge in [-0.05, 0) is 0 Å². The molecule has 248 valence electrons. The molecule has 0 radical (unpaired) electrons. The molecule has 2 aromatic rings. The summed E-state index contributed by atoms with van der Waals surface area (Å²) in [5, 5.41) is 11.1. The second kappa shape index (κ2) is 12.9. The van der Waals surface area contributed by atoms with Crippen molar-refractivity contribution in [1.82, 2.24) is 19.5 Å². The van der Waals surface area contributed by atoms with Gasteiger partial charge in [-0.15, -0.1) is 0 Å². The number of aromatic nitrogens is 4. The van der Waals surface area contributed by atoms with E-state index in [2.05, 4.69) is 24.0 Å². The number of ether oxygens (including phenoxy) is 5. The standard InChI is InChI=1S/C18H28N5O18P3/c19-15-9-16(21-5-20-15)23(6-22-9)17-14(41-44(31,32)33)11-7(36-17)3-34-1-2-35-4-8-12(39-42(25,26)27)13(40-43(28,29)30)10(24)18(37-8)38-11/h5-8,10-14,17-18,24H,1-4H2,(H2,19,20,21)(H2,25,26,27)(H2,28,29,30)(H2,31,32,33)/t7-,8-,10-,11-,12-,13-,14-,17-,18-/m1/s1. The molecule has 3 aliphatic heterocycles. The predicted molar refractivity (Wildman–Crippen MR) is 136 cm³/mol. The van der Waals surface area contributed by atoms with Gasteiger partial charge in [-0.3, -0.25) is 18.1 Å². The summed E-state index contributed by atoms with van der Waals surface area (Å²) < 4.78 is 79.8. The fraction of sp³-hybridized carbons (Fsp3) is 0.722. The lowest BCUT2D eigenvalue weighted by atomic mass is 9.99. The zero-order chi connectivity index (χ0) is 32.0. The summed E-state index contributed by atoms with van der Waals surface area (Å²) in [6.07, 6.45) is -13.7. The van der Waals surface area contributed by atoms with Gasteiger partial charge in [0, 0.05) is 0 Å². The van der Waals surface area contributed by atoms with Crippen LogP contribution < -0.4 is 5.73 Å². The van der Waals surface area contributed by atoms with Crippen LogP contribution >= 0.6 is 23.5 Å². The molecule has 23 nitrogen and oxygen atoms in total. The van der Waals surface area contributed by atoms with E-state index in [0.29, 0.717) is 0 Å². The van der Waals surface area contributed by atoms with E-state index in [-0.39, 0.29) is 36.8 Å². The molecule has 3 fully saturated rings. The number of hydrogen-bond donors (Lipinski definition) is 8. The maximum atomic E-state index is 12.1. The van der Waals surface area contributed by atoms with Gasteiger partial charge in [-0.1, -0.05) is 0 Å². The number of nitrogen functional groups attached to an aromatic ring is 1. The van der Waals surface area contributed by atoms with Crippen LogP contribution in [0, 0.1) is 0 Å². The molecule has 3 aliphatic rings. The Hall–Kier alpha value is -1.56. The molecule has 2 bridgehead atoms. The van der Waals surface area contributed by atoms with Crippen molar-refractivity contribution in [2.75, 3.05) is 32.2 Å². The molecular weight excluding hydrogens is 667 g/mol. The van der Waals surface area contributed by atoms with Crippen molar-refractivity contribution in [3.05, 3.63) is 12.7 Å². The highest BCUT2D eigenvalue weighted by Gasteiger charge is 2.56. The Kier molecular flexibility index (Phi) is 9.92. The lowest BCUT2D eigenvalue weighted by molar-refractivity contribution is -0.316. The summed E-state index contributed by atoms with van der Waals surface area (Å²) in [5.41, 5.74) is 6.05. The van der Waals surface area contributed by atoms with E-state index in [0.717, 1.165) is 6.33 Å². The third-order valence-electron chi connectivity index (χ3n) is 6.57. The van der Waals surface area contributed by atoms with E-state index in [1.54, 1.807) is 0 Å². The number of phosphoric ester groups is 3. The lowest BCUT2D eigenvalue weighted by Crippen LogP contribution is -2.62. The molecule has 5 heterocycles. The van der Waals surface area contributed by atoms with Crippen molar-refractivity contribution in [1.29, 1.82) is 0 Å². The number of anilines is 1. The Labute approximate surface area is 245 Å². The highest BCUT2D eigenvalue weighted by Crippen LogP contribution is 2.49. The molecule has 2 aromatic heterocycles. The summed E-state index contributed by atoms with van der Waals surface area (Å²) in [6, 6.07) is 0. The number of aliphatic hydroxyl groups excluding tert-OH is 1. The van der Waals surface area contributed by atoms with Gasteiger partial charge in [0.25, 0.3) is 0 Å². The fourth-order valence-electron chi connectivity index (χ4n) is 4.93. The molecule has 0 aromatic carbocycles. The van der Waals surface area contributed by atoms with Crippen molar-refractivity contribution in [2.24, 2.45) is 0 Å². The quantitative estimate of drug-likeness (QED) is 0.136. The van der Waals surface area contributed by atoms with Crippen LogP contribution in [-0.2, 0) is 51.0 Å². The first-order chi connectivity index (χ1) is 20.5. The normalized spacial score (nSPS) is 34.3. The van der Waals surface area contributed by atoms with Crippen LogP contribution in [-0.4, -0.2) is 129 Å². The Balaban J connectivity index is 1.54. The van der Waals surface area contributed by atoms with Gasteiger partial charge in [0.15, 0.2) is 24.0 Å². The first-order valence-corrected chi connectivity index (χ1v) is 17.0. The van der Waals surface area contributed by atoms with Crippen LogP contribution in [0.1, 0.15) is 6.23 Å². The first kappa shape index (κ1) is 33.8. The van der Waals surface area contributed by atoms with E-state index in [1.165, 1.54) is 10.9 Å². The molecule has 0 aliphatic carbocycles. The third kappa shape index (κ3) is 7.86. The number of nitrogens with two attached hydrogens (primary N) is 1. The van der Waals surface area contributed by atoms with Crippen LogP contribution in [0.2, 0.25) is 0 Å². The lowest BCUT2D eigenvalue weighted by Gasteiger charge is -2.44. The van der Waals surface area contributed by atoms with E-state index in [4.69, 9.17) is 33.9 Å². The number of nitrogens with zero attached hydrogens (tertiary/aromatic N) is 4. The van der Waals surface area contributed by atoms with E-state index >= 15 is 0 Å². The molecular formula is C18H28N5O18P3. The van der Waals surface area contributed by atoms with Gasteiger partial charge in [-0.25, -0.2) is 28.6 Å². The van der Waals surface area contributed by atoms with Crippen molar-refractivity contribution in [3.63, 3.8) is 0 Å². The molecule has 0 saturated carbocycles. The minimum Gasteiger partial charge on any atom is -0.385 e. The van der Waals surface area contributed by atoms with Gasteiger partial charge in [0.2, 0.25) is 0 Å². The summed E-state index contributed by atoms with van der Waals surface area (Å²) in [4.78, 5) is 69.4. The maximum absolute atomic E-state index is 12.1. The average Bonchev–Trinajstić information content (AvgIpc) is 3.45. The van der Waals surface area contributed by atoms with Crippen LogP contribution in [0.5, 0.6) is 0 Å². The molecule has 26 heteroatoms. The molecule has 0 spiro atoms. The van der Waals surface area contributed by atoms with Crippen molar-refractivity contribution in [2.45, 2.75) is 55.2 Å². The fourth-order valence-corrected chi connectivity index (χ4v) is 6.61. The number of phosphoric acid groups is 3. The number of hydrogen-bond acceptors (Lipinski definition) is 16. The van der Waals surface area contributed by atoms with E-state index < -0.39 is 85.3 Å². The first-order valence-electron chi connectivity index (χ1n) is 12.5. The second-order valence-corrected chi connectivity index (χ2v) is 13.2. The van der Waals surface area contributed by atoms with Crippen LogP contribution in [0.25, 0.3) is 11.2 Å². The highest BCUT2D eigenvalue weighted by atomic mass is 31.2. The average molecular weight is 695 g/mol. The van der Waals surface area contributed by atoms with E-state index in [9.17, 15) is 48.2 Å². The molecule has 9 atom stereocenters. The smallest absolute Gasteiger partial charge is 0.385 e. The predicted octanol–water partition coefficient (Wildman–Crippen LogP) is -2.74. The van der Waals surface area contributed by atoms with Gasteiger partial charge >= 0.3 is 23.5 Å². The molecule has 0 amide bonds. The van der Waals surface area contributed by atoms with Crippen LogP contribution in [0.3, 0.4) is 0 Å². The molecule has 44 heavy (non-hydrogen) atoms. The van der Waals surface area contributed by atoms with Crippen LogP contribution in [0.15, 0.2) is 12.7 Å². The largest absolute Gasteiger partial charge is 0.470 e. The van der Waals surface area contributed by atoms with Crippen molar-refractivity contribution >= 4 is 40.4 Å². The zero-order valence-electron chi connectivity index (χ0n) is 22.0. The number of fused-ring (bicyclic) bond motifs is 4. The van der Waals surface area contributed by atoms with Crippen molar-refractivity contribution < 1.29 is 85.4 Å². The summed E-state index contributed by atoms with van der Waals surface area (Å²) in [5.74, 6) is -0.0155. The maximum Gasteiger partial charge on any atom is 0.470 e. The third-order valence-corrected chi connectivity index (χ3v) is 8.12. The van der Waals surface area contributed by atoms with Gasteiger partial charge in [0.1, 0.15) is 54.6 Å². The number of aliphatic hydroxyl groups is 1. The van der Waals surface area contributed by atoms with E-state index in [1.807, 2.05) is 0 Å². The summed E-state index contributed by atoms with van der Waals surface area (Å²) in [6.45, 7) is -1.08. The van der Waals surface area contributed by atoms with Crippen molar-refractivity contribution in [3.8, 4) is 0 Å².